The Morgan fingerprint density at radius 1 is 0.744 bits per heavy atom. The number of allylic oxidation sites excluding steroid dienone is 8. The van der Waals surface area contributed by atoms with E-state index in [1.807, 2.05) is 89.8 Å². The SMILES string of the molecule is COC(=O)/C(=C(/C(=O)OC)N1/C(=C/C=C2C=CC(=O)C=C2)C(C)(C)c2ccccc21)C1c2ccccc2-c2ccccc21. The first-order valence-corrected chi connectivity index (χ1v) is 14.1. The number of methoxy groups -OCH3 is 2. The zero-order valence-electron chi connectivity index (χ0n) is 24.5. The summed E-state index contributed by atoms with van der Waals surface area (Å²) in [6.45, 7) is 4.16. The molecule has 0 saturated carbocycles. The molecule has 0 unspecified atom stereocenters. The van der Waals surface area contributed by atoms with Crippen molar-refractivity contribution >= 4 is 23.4 Å². The van der Waals surface area contributed by atoms with Crippen molar-refractivity contribution in [2.24, 2.45) is 0 Å². The Morgan fingerprint density at radius 3 is 1.91 bits per heavy atom. The highest BCUT2D eigenvalue weighted by Crippen LogP contribution is 2.53. The standard InChI is InChI=1S/C37H31NO5/c1-37(2)29-15-9-10-16-30(29)38(31(37)22-19-23-17-20-24(39)21-18-23)34(36(41)43-4)33(35(40)42-3)32-27-13-7-5-11-25(27)26-12-6-8-14-28(26)32/h5-22,32H,1-4H3/b31-22+,34-33-. The van der Waals surface area contributed by atoms with E-state index in [4.69, 9.17) is 9.47 Å². The zero-order valence-corrected chi connectivity index (χ0v) is 24.5. The summed E-state index contributed by atoms with van der Waals surface area (Å²) in [7, 11) is 2.65. The van der Waals surface area contributed by atoms with E-state index in [2.05, 4.69) is 13.8 Å². The number of fused-ring (bicyclic) bond motifs is 4. The molecular formula is C37H31NO5. The number of carbonyl (C=O) groups excluding carboxylic acids is 3. The minimum atomic E-state index is -0.656. The van der Waals surface area contributed by atoms with Crippen LogP contribution in [-0.4, -0.2) is 31.9 Å². The van der Waals surface area contributed by atoms with Crippen LogP contribution >= 0.6 is 0 Å². The van der Waals surface area contributed by atoms with Crippen LogP contribution < -0.4 is 4.90 Å². The molecule has 0 aromatic heterocycles. The van der Waals surface area contributed by atoms with Gasteiger partial charge in [-0.3, -0.25) is 4.79 Å². The summed E-state index contributed by atoms with van der Waals surface area (Å²) in [5, 5.41) is 0. The number of carbonyl (C=O) groups is 3. The van der Waals surface area contributed by atoms with Gasteiger partial charge in [0.15, 0.2) is 5.78 Å². The lowest BCUT2D eigenvalue weighted by Crippen LogP contribution is -2.33. The van der Waals surface area contributed by atoms with E-state index in [0.29, 0.717) is 0 Å². The molecule has 3 aliphatic rings. The van der Waals surface area contributed by atoms with Gasteiger partial charge in [-0.25, -0.2) is 9.59 Å². The molecule has 6 heteroatoms. The van der Waals surface area contributed by atoms with Crippen molar-refractivity contribution in [3.63, 3.8) is 0 Å². The second-order valence-corrected chi connectivity index (χ2v) is 11.1. The summed E-state index contributed by atoms with van der Waals surface area (Å²) in [5.74, 6) is -1.92. The number of hydrogen-bond donors (Lipinski definition) is 0. The number of ketones is 1. The minimum Gasteiger partial charge on any atom is -0.466 e. The molecule has 1 aliphatic heterocycles. The van der Waals surface area contributed by atoms with Gasteiger partial charge in [0, 0.05) is 17.0 Å². The van der Waals surface area contributed by atoms with Crippen LogP contribution in [0.15, 0.2) is 132 Å². The van der Waals surface area contributed by atoms with Gasteiger partial charge in [-0.1, -0.05) is 98.8 Å². The van der Waals surface area contributed by atoms with E-state index < -0.39 is 23.3 Å². The van der Waals surface area contributed by atoms with E-state index in [1.165, 1.54) is 26.4 Å². The number of rotatable bonds is 5. The highest BCUT2D eigenvalue weighted by atomic mass is 16.5. The molecular weight excluding hydrogens is 538 g/mol. The quantitative estimate of drug-likeness (QED) is 0.252. The third kappa shape index (κ3) is 4.56. The van der Waals surface area contributed by atoms with Crippen molar-refractivity contribution in [2.45, 2.75) is 25.2 Å². The van der Waals surface area contributed by atoms with Crippen LogP contribution in [0.2, 0.25) is 0 Å². The summed E-state index contributed by atoms with van der Waals surface area (Å²) in [6.07, 6.45) is 10.4. The van der Waals surface area contributed by atoms with E-state index >= 15 is 0 Å². The van der Waals surface area contributed by atoms with Gasteiger partial charge in [-0.15, -0.1) is 0 Å². The number of hydrogen-bond acceptors (Lipinski definition) is 6. The van der Waals surface area contributed by atoms with Gasteiger partial charge in [-0.2, -0.15) is 0 Å². The molecule has 6 rings (SSSR count). The van der Waals surface area contributed by atoms with Crippen molar-refractivity contribution < 1.29 is 23.9 Å². The Hall–Kier alpha value is -5.23. The highest BCUT2D eigenvalue weighted by Gasteiger charge is 2.47. The third-order valence-electron chi connectivity index (χ3n) is 8.40. The Labute approximate surface area is 250 Å². The topological polar surface area (TPSA) is 72.9 Å². The predicted molar refractivity (Wildman–Crippen MR) is 166 cm³/mol. The third-order valence-corrected chi connectivity index (χ3v) is 8.40. The van der Waals surface area contributed by atoms with Gasteiger partial charge in [0.1, 0.15) is 5.70 Å². The fourth-order valence-corrected chi connectivity index (χ4v) is 6.37. The molecule has 2 aliphatic carbocycles. The normalized spacial score (nSPS) is 17.8. The summed E-state index contributed by atoms with van der Waals surface area (Å²) in [4.78, 5) is 41.5. The predicted octanol–water partition coefficient (Wildman–Crippen LogP) is 6.70. The molecule has 0 atom stereocenters. The average Bonchev–Trinajstić information content (AvgIpc) is 3.47. The fourth-order valence-electron chi connectivity index (χ4n) is 6.37. The lowest BCUT2D eigenvalue weighted by molar-refractivity contribution is -0.139. The van der Waals surface area contributed by atoms with Crippen molar-refractivity contribution in [1.82, 2.24) is 0 Å². The van der Waals surface area contributed by atoms with E-state index in [0.717, 1.165) is 44.8 Å². The smallest absolute Gasteiger partial charge is 0.355 e. The lowest BCUT2D eigenvalue weighted by Gasteiger charge is -2.30. The summed E-state index contributed by atoms with van der Waals surface area (Å²) >= 11 is 0. The molecule has 214 valence electrons. The zero-order chi connectivity index (χ0) is 30.3. The van der Waals surface area contributed by atoms with E-state index in [9.17, 15) is 14.4 Å². The number of ether oxygens (including phenoxy) is 2. The van der Waals surface area contributed by atoms with Gasteiger partial charge >= 0.3 is 11.9 Å². The van der Waals surface area contributed by atoms with Gasteiger partial charge in [-0.05, 0) is 57.7 Å². The molecule has 0 radical (unpaired) electrons. The van der Waals surface area contributed by atoms with Crippen LogP contribution in [0.5, 0.6) is 0 Å². The summed E-state index contributed by atoms with van der Waals surface area (Å²) < 4.78 is 10.8. The van der Waals surface area contributed by atoms with Gasteiger partial charge < -0.3 is 14.4 Å². The maximum Gasteiger partial charge on any atom is 0.355 e. The molecule has 0 N–H and O–H groups in total. The van der Waals surface area contributed by atoms with Gasteiger partial charge in [0.05, 0.1) is 25.5 Å². The van der Waals surface area contributed by atoms with Crippen LogP contribution in [0.25, 0.3) is 11.1 Å². The first-order valence-electron chi connectivity index (χ1n) is 14.1. The Balaban J connectivity index is 1.68. The lowest BCUT2D eigenvalue weighted by atomic mass is 9.83. The molecule has 6 nitrogen and oxygen atoms in total. The molecule has 0 spiro atoms. The molecule has 43 heavy (non-hydrogen) atoms. The Kier molecular flexibility index (Phi) is 7.06. The van der Waals surface area contributed by atoms with E-state index in [-0.39, 0.29) is 17.1 Å². The fraction of sp³-hybridized carbons (Fsp3) is 0.162. The number of esters is 2. The summed E-state index contributed by atoms with van der Waals surface area (Å²) in [6, 6.07) is 23.7. The maximum absolute atomic E-state index is 14.0. The largest absolute Gasteiger partial charge is 0.466 e. The second-order valence-electron chi connectivity index (χ2n) is 11.1. The first-order chi connectivity index (χ1) is 20.8. The van der Waals surface area contributed by atoms with Crippen molar-refractivity contribution in [3.8, 4) is 11.1 Å². The van der Waals surface area contributed by atoms with Gasteiger partial charge in [0.2, 0.25) is 0 Å². The summed E-state index contributed by atoms with van der Waals surface area (Å²) in [5.41, 5.74) is 6.90. The minimum absolute atomic E-state index is 0.0733. The van der Waals surface area contributed by atoms with Crippen LogP contribution in [-0.2, 0) is 29.3 Å². The number of benzene rings is 3. The van der Waals surface area contributed by atoms with Crippen LogP contribution in [0, 0.1) is 0 Å². The molecule has 0 bridgehead atoms. The number of nitrogens with zero attached hydrogens (tertiary/aromatic N) is 1. The van der Waals surface area contributed by atoms with Crippen molar-refractivity contribution in [1.29, 1.82) is 0 Å². The van der Waals surface area contributed by atoms with Crippen LogP contribution in [0.4, 0.5) is 5.69 Å². The maximum atomic E-state index is 14.0. The van der Waals surface area contributed by atoms with Gasteiger partial charge in [0.25, 0.3) is 0 Å². The molecule has 3 aromatic rings. The van der Waals surface area contributed by atoms with Crippen molar-refractivity contribution in [2.75, 3.05) is 19.1 Å². The second kappa shape index (κ2) is 10.9. The molecule has 0 amide bonds. The highest BCUT2D eigenvalue weighted by molar-refractivity contribution is 6.07. The molecule has 0 saturated heterocycles. The number of para-hydroxylation sites is 1. The number of anilines is 1. The Bertz CT molecular complexity index is 1770. The van der Waals surface area contributed by atoms with Crippen LogP contribution in [0.1, 0.15) is 36.5 Å². The molecule has 3 aromatic carbocycles. The Morgan fingerprint density at radius 2 is 1.30 bits per heavy atom. The van der Waals surface area contributed by atoms with Crippen LogP contribution in [0.3, 0.4) is 0 Å². The molecule has 0 fully saturated rings. The molecule has 1 heterocycles. The van der Waals surface area contributed by atoms with Crippen molar-refractivity contribution in [3.05, 3.63) is 148 Å². The van der Waals surface area contributed by atoms with E-state index in [1.54, 1.807) is 12.2 Å². The first kappa shape index (κ1) is 27.9. The monoisotopic (exact) mass is 569 g/mol. The average molecular weight is 570 g/mol.